The SMILES string of the molecule is CC(NC(=O)C1CC(=O)NC(OCC2(C)COC2)N1)c1ccc(C(F)(F)F)cc1. The van der Waals surface area contributed by atoms with Crippen LogP contribution in [-0.4, -0.2) is 44.0 Å². The Morgan fingerprint density at radius 2 is 2.00 bits per heavy atom. The van der Waals surface area contributed by atoms with Crippen molar-refractivity contribution in [1.29, 1.82) is 0 Å². The van der Waals surface area contributed by atoms with Crippen LogP contribution < -0.4 is 16.0 Å². The van der Waals surface area contributed by atoms with Gasteiger partial charge in [0.15, 0.2) is 6.35 Å². The van der Waals surface area contributed by atoms with E-state index < -0.39 is 36.1 Å². The first-order valence-corrected chi connectivity index (χ1v) is 9.28. The summed E-state index contributed by atoms with van der Waals surface area (Å²) < 4.78 is 48.8. The number of carbonyl (C=O) groups excluding carboxylic acids is 2. The Labute approximate surface area is 166 Å². The first-order chi connectivity index (χ1) is 13.6. The summed E-state index contributed by atoms with van der Waals surface area (Å²) in [6.07, 6.45) is -5.28. The lowest BCUT2D eigenvalue weighted by atomic mass is 9.90. The van der Waals surface area contributed by atoms with Gasteiger partial charge in [-0.3, -0.25) is 14.9 Å². The number of hydrogen-bond donors (Lipinski definition) is 3. The molecule has 1 aromatic rings. The highest BCUT2D eigenvalue weighted by molar-refractivity contribution is 5.89. The minimum absolute atomic E-state index is 0.0637. The van der Waals surface area contributed by atoms with Gasteiger partial charge in [-0.2, -0.15) is 13.2 Å². The van der Waals surface area contributed by atoms with Crippen molar-refractivity contribution < 1.29 is 32.2 Å². The van der Waals surface area contributed by atoms with E-state index in [1.54, 1.807) is 6.92 Å². The van der Waals surface area contributed by atoms with Gasteiger partial charge in [0.25, 0.3) is 0 Å². The standard InChI is InChI=1S/C19H24F3N3O4/c1-11(12-3-5-13(6-4-12)19(20,21)22)23-16(27)14-7-15(26)25-17(24-14)29-10-18(2)8-28-9-18/h3-6,11,14,17,24H,7-10H2,1-2H3,(H,23,27)(H,25,26). The van der Waals surface area contributed by atoms with Gasteiger partial charge in [0.2, 0.25) is 11.8 Å². The lowest BCUT2D eigenvalue weighted by Crippen LogP contribution is -2.62. The molecule has 160 valence electrons. The molecule has 0 aromatic heterocycles. The molecule has 7 nitrogen and oxygen atoms in total. The second-order valence-electron chi connectivity index (χ2n) is 7.84. The van der Waals surface area contributed by atoms with Crippen LogP contribution in [0, 0.1) is 5.41 Å². The predicted octanol–water partition coefficient (Wildman–Crippen LogP) is 1.70. The fourth-order valence-corrected chi connectivity index (χ4v) is 3.11. The van der Waals surface area contributed by atoms with Crippen molar-refractivity contribution in [3.05, 3.63) is 35.4 Å². The predicted molar refractivity (Wildman–Crippen MR) is 96.4 cm³/mol. The monoisotopic (exact) mass is 415 g/mol. The minimum atomic E-state index is -4.41. The fourth-order valence-electron chi connectivity index (χ4n) is 3.11. The second-order valence-corrected chi connectivity index (χ2v) is 7.84. The van der Waals surface area contributed by atoms with Gasteiger partial charge in [-0.05, 0) is 24.6 Å². The van der Waals surface area contributed by atoms with E-state index in [0.717, 1.165) is 12.1 Å². The molecule has 2 aliphatic heterocycles. The van der Waals surface area contributed by atoms with Gasteiger partial charge in [0.05, 0.1) is 43.9 Å². The summed E-state index contributed by atoms with van der Waals surface area (Å²) in [5.74, 6) is -0.759. The minimum Gasteiger partial charge on any atom is -0.380 e. The normalized spacial score (nSPS) is 24.9. The lowest BCUT2D eigenvalue weighted by Gasteiger charge is -2.39. The highest BCUT2D eigenvalue weighted by atomic mass is 19.4. The molecule has 0 radical (unpaired) electrons. The molecule has 29 heavy (non-hydrogen) atoms. The maximum Gasteiger partial charge on any atom is 0.416 e. The molecular formula is C19H24F3N3O4. The third-order valence-corrected chi connectivity index (χ3v) is 4.95. The van der Waals surface area contributed by atoms with E-state index in [4.69, 9.17) is 9.47 Å². The Balaban J connectivity index is 1.55. The van der Waals surface area contributed by atoms with Crippen molar-refractivity contribution >= 4 is 11.8 Å². The third kappa shape index (κ3) is 5.46. The molecule has 3 unspecified atom stereocenters. The van der Waals surface area contributed by atoms with E-state index in [1.807, 2.05) is 6.92 Å². The zero-order valence-corrected chi connectivity index (χ0v) is 16.1. The van der Waals surface area contributed by atoms with Crippen LogP contribution in [0.5, 0.6) is 0 Å². The van der Waals surface area contributed by atoms with E-state index in [2.05, 4.69) is 16.0 Å². The summed E-state index contributed by atoms with van der Waals surface area (Å²) in [7, 11) is 0. The number of nitrogens with one attached hydrogen (secondary N) is 3. The average molecular weight is 415 g/mol. The first-order valence-electron chi connectivity index (χ1n) is 9.28. The molecule has 3 rings (SSSR count). The number of rotatable bonds is 6. The quantitative estimate of drug-likeness (QED) is 0.658. The number of ether oxygens (including phenoxy) is 2. The Morgan fingerprint density at radius 1 is 1.34 bits per heavy atom. The maximum atomic E-state index is 12.7. The van der Waals surface area contributed by atoms with E-state index in [1.165, 1.54) is 12.1 Å². The third-order valence-electron chi connectivity index (χ3n) is 4.95. The number of hydrogen-bond acceptors (Lipinski definition) is 5. The lowest BCUT2D eigenvalue weighted by molar-refractivity contribution is -0.166. The summed E-state index contributed by atoms with van der Waals surface area (Å²) >= 11 is 0. The number of carbonyl (C=O) groups is 2. The van der Waals surface area contributed by atoms with Crippen LogP contribution in [0.25, 0.3) is 0 Å². The Kier molecular flexibility index (Phi) is 6.16. The van der Waals surface area contributed by atoms with Crippen LogP contribution in [-0.2, 0) is 25.2 Å². The van der Waals surface area contributed by atoms with E-state index >= 15 is 0 Å². The molecule has 10 heteroatoms. The Morgan fingerprint density at radius 3 is 2.55 bits per heavy atom. The van der Waals surface area contributed by atoms with Crippen LogP contribution in [0.1, 0.15) is 37.4 Å². The van der Waals surface area contributed by atoms with Crippen molar-refractivity contribution in [2.24, 2.45) is 5.41 Å². The van der Waals surface area contributed by atoms with E-state index in [9.17, 15) is 22.8 Å². The molecule has 0 aliphatic carbocycles. The van der Waals surface area contributed by atoms with Gasteiger partial charge in [0.1, 0.15) is 0 Å². The van der Waals surface area contributed by atoms with Gasteiger partial charge >= 0.3 is 6.18 Å². The Hall–Kier alpha value is -2.17. The highest BCUT2D eigenvalue weighted by Crippen LogP contribution is 2.30. The zero-order chi connectivity index (χ0) is 21.2. The molecule has 0 bridgehead atoms. The molecular weight excluding hydrogens is 391 g/mol. The molecule has 0 saturated carbocycles. The fraction of sp³-hybridized carbons (Fsp3) is 0.579. The molecule has 2 heterocycles. The Bertz CT molecular complexity index is 750. The summed E-state index contributed by atoms with van der Waals surface area (Å²) in [6, 6.07) is 3.25. The molecule has 2 aliphatic rings. The van der Waals surface area contributed by atoms with E-state index in [0.29, 0.717) is 25.4 Å². The molecule has 1 aromatic carbocycles. The molecule has 0 spiro atoms. The van der Waals surface area contributed by atoms with Crippen molar-refractivity contribution in [2.75, 3.05) is 19.8 Å². The first kappa shape index (κ1) is 21.5. The van der Waals surface area contributed by atoms with Gasteiger partial charge in [-0.15, -0.1) is 0 Å². The van der Waals surface area contributed by atoms with Crippen LogP contribution in [0.2, 0.25) is 0 Å². The summed E-state index contributed by atoms with van der Waals surface area (Å²) in [6.45, 7) is 5.16. The number of amides is 2. The smallest absolute Gasteiger partial charge is 0.380 e. The molecule has 3 N–H and O–H groups in total. The number of alkyl halides is 3. The van der Waals surface area contributed by atoms with E-state index in [-0.39, 0.29) is 17.7 Å². The molecule has 2 amide bonds. The summed E-state index contributed by atoms with van der Waals surface area (Å²) in [4.78, 5) is 24.5. The molecule has 2 saturated heterocycles. The number of benzene rings is 1. The molecule has 3 atom stereocenters. The summed E-state index contributed by atoms with van der Waals surface area (Å²) in [5.41, 5.74) is -0.341. The van der Waals surface area contributed by atoms with Crippen LogP contribution in [0.4, 0.5) is 13.2 Å². The van der Waals surface area contributed by atoms with Crippen molar-refractivity contribution in [2.45, 2.75) is 44.9 Å². The van der Waals surface area contributed by atoms with Crippen LogP contribution in [0.15, 0.2) is 24.3 Å². The van der Waals surface area contributed by atoms with Gasteiger partial charge in [0, 0.05) is 5.41 Å². The average Bonchev–Trinajstić information content (AvgIpc) is 2.63. The summed E-state index contributed by atoms with van der Waals surface area (Å²) in [5, 5.41) is 8.28. The topological polar surface area (TPSA) is 88.7 Å². The van der Waals surface area contributed by atoms with Crippen LogP contribution >= 0.6 is 0 Å². The highest BCUT2D eigenvalue weighted by Gasteiger charge is 2.37. The van der Waals surface area contributed by atoms with Crippen molar-refractivity contribution in [1.82, 2.24) is 16.0 Å². The maximum absolute atomic E-state index is 12.7. The van der Waals surface area contributed by atoms with Gasteiger partial charge in [-0.25, -0.2) is 0 Å². The number of halogens is 3. The van der Waals surface area contributed by atoms with Gasteiger partial charge in [-0.1, -0.05) is 19.1 Å². The van der Waals surface area contributed by atoms with Crippen molar-refractivity contribution in [3.8, 4) is 0 Å². The second kappa shape index (κ2) is 8.29. The van der Waals surface area contributed by atoms with Gasteiger partial charge < -0.3 is 20.1 Å². The largest absolute Gasteiger partial charge is 0.416 e. The zero-order valence-electron chi connectivity index (χ0n) is 16.1. The van der Waals surface area contributed by atoms with Crippen molar-refractivity contribution in [3.63, 3.8) is 0 Å². The van der Waals surface area contributed by atoms with Crippen LogP contribution in [0.3, 0.4) is 0 Å². The molecule has 2 fully saturated rings.